The van der Waals surface area contributed by atoms with Crippen molar-refractivity contribution >= 4 is 5.69 Å². The molecule has 0 aliphatic carbocycles. The van der Waals surface area contributed by atoms with E-state index in [9.17, 15) is 0 Å². The smallest absolute Gasteiger partial charge is 0.142 e. The molecule has 0 aliphatic rings. The summed E-state index contributed by atoms with van der Waals surface area (Å²) in [5, 5.41) is 0. The zero-order valence-corrected chi connectivity index (χ0v) is 12.6. The number of nitrogens with zero attached hydrogens (tertiary/aromatic N) is 1. The quantitative estimate of drug-likeness (QED) is 0.547. The fourth-order valence-corrected chi connectivity index (χ4v) is 2.08. The van der Waals surface area contributed by atoms with Gasteiger partial charge >= 0.3 is 0 Å². The number of nitrogen functional groups attached to an aromatic ring is 1. The molecule has 0 amide bonds. The lowest BCUT2D eigenvalue weighted by molar-refractivity contribution is 0.173. The molecular weight excluding hydrogens is 236 g/mol. The van der Waals surface area contributed by atoms with Crippen LogP contribution < -0.4 is 10.5 Å². The van der Waals surface area contributed by atoms with Gasteiger partial charge in [0.15, 0.2) is 0 Å². The van der Waals surface area contributed by atoms with Crippen LogP contribution in [0.2, 0.25) is 0 Å². The van der Waals surface area contributed by atoms with Gasteiger partial charge in [-0.05, 0) is 38.9 Å². The van der Waals surface area contributed by atoms with Crippen LogP contribution in [0.5, 0.6) is 5.75 Å². The van der Waals surface area contributed by atoms with Crippen LogP contribution in [-0.2, 0) is 0 Å². The van der Waals surface area contributed by atoms with Crippen LogP contribution in [0.25, 0.3) is 0 Å². The molecule has 0 radical (unpaired) electrons. The zero-order valence-electron chi connectivity index (χ0n) is 12.6. The summed E-state index contributed by atoms with van der Waals surface area (Å²) >= 11 is 0. The first-order chi connectivity index (χ1) is 9.15. The molecule has 108 valence electrons. The van der Waals surface area contributed by atoms with Crippen LogP contribution in [0, 0.1) is 0 Å². The van der Waals surface area contributed by atoms with E-state index in [1.54, 1.807) is 0 Å². The van der Waals surface area contributed by atoms with Crippen molar-refractivity contribution in [1.29, 1.82) is 0 Å². The molecule has 0 saturated carbocycles. The van der Waals surface area contributed by atoms with Crippen molar-refractivity contribution < 1.29 is 4.74 Å². The molecule has 0 spiro atoms. The summed E-state index contributed by atoms with van der Waals surface area (Å²) in [6, 6.07) is 8.23. The van der Waals surface area contributed by atoms with Gasteiger partial charge in [0, 0.05) is 12.6 Å². The number of hydrogen-bond acceptors (Lipinski definition) is 3. The first kappa shape index (κ1) is 15.8. The van der Waals surface area contributed by atoms with E-state index in [1.165, 1.54) is 19.3 Å². The maximum absolute atomic E-state index is 5.86. The van der Waals surface area contributed by atoms with Crippen molar-refractivity contribution in [3.05, 3.63) is 24.3 Å². The molecule has 0 aliphatic heterocycles. The van der Waals surface area contributed by atoms with E-state index in [-0.39, 0.29) is 0 Å². The lowest BCUT2D eigenvalue weighted by Crippen LogP contribution is -2.35. The minimum absolute atomic E-state index is 0.563. The molecule has 0 saturated heterocycles. The van der Waals surface area contributed by atoms with Crippen molar-refractivity contribution in [3.8, 4) is 5.75 Å². The van der Waals surface area contributed by atoms with Crippen molar-refractivity contribution in [2.45, 2.75) is 46.1 Å². The Kier molecular flexibility index (Phi) is 7.34. The number of benzene rings is 1. The van der Waals surface area contributed by atoms with E-state index >= 15 is 0 Å². The summed E-state index contributed by atoms with van der Waals surface area (Å²) in [7, 11) is 0. The Morgan fingerprint density at radius 3 is 2.53 bits per heavy atom. The van der Waals surface area contributed by atoms with E-state index in [4.69, 9.17) is 10.5 Å². The summed E-state index contributed by atoms with van der Waals surface area (Å²) < 4.78 is 5.76. The SMILES string of the molecule is CCCCCN(CCOc1ccccc1N)C(C)C. The molecule has 3 nitrogen and oxygen atoms in total. The Hall–Kier alpha value is -1.22. The van der Waals surface area contributed by atoms with Gasteiger partial charge in [-0.25, -0.2) is 0 Å². The van der Waals surface area contributed by atoms with Crippen LogP contribution in [0.3, 0.4) is 0 Å². The molecule has 1 aromatic carbocycles. The minimum atomic E-state index is 0.563. The largest absolute Gasteiger partial charge is 0.490 e. The lowest BCUT2D eigenvalue weighted by Gasteiger charge is -2.26. The molecule has 0 fully saturated rings. The highest BCUT2D eigenvalue weighted by atomic mass is 16.5. The van der Waals surface area contributed by atoms with Crippen LogP contribution in [0.4, 0.5) is 5.69 Å². The summed E-state index contributed by atoms with van der Waals surface area (Å²) in [4.78, 5) is 2.47. The van der Waals surface area contributed by atoms with Crippen molar-refractivity contribution in [3.63, 3.8) is 0 Å². The normalized spacial score (nSPS) is 11.2. The fraction of sp³-hybridized carbons (Fsp3) is 0.625. The topological polar surface area (TPSA) is 38.5 Å². The molecule has 0 bridgehead atoms. The standard InChI is InChI=1S/C16H28N2O/c1-4-5-8-11-18(14(2)3)12-13-19-16-10-7-6-9-15(16)17/h6-7,9-10,14H,4-5,8,11-13,17H2,1-3H3. The summed E-state index contributed by atoms with van der Waals surface area (Å²) in [6.07, 6.45) is 3.83. The number of ether oxygens (including phenoxy) is 1. The van der Waals surface area contributed by atoms with Gasteiger partial charge in [0.25, 0.3) is 0 Å². The number of unbranched alkanes of at least 4 members (excludes halogenated alkanes) is 2. The number of anilines is 1. The zero-order chi connectivity index (χ0) is 14.1. The van der Waals surface area contributed by atoms with Gasteiger partial charge in [-0.15, -0.1) is 0 Å². The predicted molar refractivity (Wildman–Crippen MR) is 82.6 cm³/mol. The van der Waals surface area contributed by atoms with Crippen LogP contribution in [0.1, 0.15) is 40.0 Å². The summed E-state index contributed by atoms with van der Waals surface area (Å²) in [5.41, 5.74) is 6.57. The first-order valence-corrected chi connectivity index (χ1v) is 7.36. The lowest BCUT2D eigenvalue weighted by atomic mass is 10.2. The summed E-state index contributed by atoms with van der Waals surface area (Å²) in [5.74, 6) is 0.791. The van der Waals surface area contributed by atoms with Gasteiger partial charge in [0.05, 0.1) is 5.69 Å². The monoisotopic (exact) mass is 264 g/mol. The van der Waals surface area contributed by atoms with Gasteiger partial charge in [-0.3, -0.25) is 4.90 Å². The fourth-order valence-electron chi connectivity index (χ4n) is 2.08. The van der Waals surface area contributed by atoms with Crippen molar-refractivity contribution in [2.75, 3.05) is 25.4 Å². The van der Waals surface area contributed by atoms with Crippen molar-refractivity contribution in [1.82, 2.24) is 4.90 Å². The van der Waals surface area contributed by atoms with E-state index in [0.717, 1.165) is 18.8 Å². The molecule has 0 aromatic heterocycles. The average Bonchev–Trinajstić information content (AvgIpc) is 2.39. The molecule has 19 heavy (non-hydrogen) atoms. The minimum Gasteiger partial charge on any atom is -0.490 e. The molecule has 1 rings (SSSR count). The Morgan fingerprint density at radius 2 is 1.89 bits per heavy atom. The molecule has 1 aromatic rings. The van der Waals surface area contributed by atoms with Gasteiger partial charge in [0.1, 0.15) is 12.4 Å². The van der Waals surface area contributed by atoms with E-state index < -0.39 is 0 Å². The third-order valence-electron chi connectivity index (χ3n) is 3.33. The second kappa shape index (κ2) is 8.81. The highest BCUT2D eigenvalue weighted by Gasteiger charge is 2.09. The number of rotatable bonds is 9. The molecular formula is C16H28N2O. The number of hydrogen-bond donors (Lipinski definition) is 1. The third-order valence-corrected chi connectivity index (χ3v) is 3.33. The van der Waals surface area contributed by atoms with E-state index in [0.29, 0.717) is 18.3 Å². The third kappa shape index (κ3) is 5.97. The highest BCUT2D eigenvalue weighted by Crippen LogP contribution is 2.19. The van der Waals surface area contributed by atoms with Gasteiger partial charge in [-0.1, -0.05) is 31.9 Å². The molecule has 0 unspecified atom stereocenters. The molecule has 0 heterocycles. The van der Waals surface area contributed by atoms with Crippen LogP contribution in [-0.4, -0.2) is 30.6 Å². The number of para-hydroxylation sites is 2. The van der Waals surface area contributed by atoms with Crippen LogP contribution >= 0.6 is 0 Å². The average molecular weight is 264 g/mol. The Bertz CT molecular complexity index is 352. The number of nitrogens with two attached hydrogens (primary N) is 1. The Labute approximate surface area is 117 Å². The van der Waals surface area contributed by atoms with E-state index in [1.807, 2.05) is 24.3 Å². The first-order valence-electron chi connectivity index (χ1n) is 7.36. The summed E-state index contributed by atoms with van der Waals surface area (Å²) in [6.45, 7) is 9.51. The Balaban J connectivity index is 2.34. The van der Waals surface area contributed by atoms with Crippen molar-refractivity contribution in [2.24, 2.45) is 0 Å². The second-order valence-corrected chi connectivity index (χ2v) is 5.22. The molecule has 0 atom stereocenters. The molecule has 2 N–H and O–H groups in total. The van der Waals surface area contributed by atoms with Gasteiger partial charge in [-0.2, -0.15) is 0 Å². The second-order valence-electron chi connectivity index (χ2n) is 5.22. The molecule has 3 heteroatoms. The highest BCUT2D eigenvalue weighted by molar-refractivity contribution is 5.51. The van der Waals surface area contributed by atoms with Gasteiger partial charge < -0.3 is 10.5 Å². The predicted octanol–water partition coefficient (Wildman–Crippen LogP) is 3.55. The maximum Gasteiger partial charge on any atom is 0.142 e. The maximum atomic E-state index is 5.86. The van der Waals surface area contributed by atoms with Crippen LogP contribution in [0.15, 0.2) is 24.3 Å². The van der Waals surface area contributed by atoms with E-state index in [2.05, 4.69) is 25.7 Å². The van der Waals surface area contributed by atoms with Gasteiger partial charge in [0.2, 0.25) is 0 Å². The Morgan fingerprint density at radius 1 is 1.16 bits per heavy atom.